The van der Waals surface area contributed by atoms with Gasteiger partial charge in [-0.15, -0.1) is 0 Å². The molecule has 0 aromatic heterocycles. The molecule has 0 saturated heterocycles. The molecule has 6 nitrogen and oxygen atoms in total. The van der Waals surface area contributed by atoms with Crippen LogP contribution in [0.5, 0.6) is 5.75 Å². The normalized spacial score (nSPS) is 11.5. The van der Waals surface area contributed by atoms with E-state index in [0.717, 1.165) is 0 Å². The SMILES string of the molecule is CCN(C)C(=O)c1ccc(OC)c(S(=O)(=O)NC(C)C)c1. The third kappa shape index (κ3) is 4.18. The first-order valence-electron chi connectivity index (χ1n) is 6.68. The van der Waals surface area contributed by atoms with Crippen molar-refractivity contribution in [1.82, 2.24) is 9.62 Å². The number of ether oxygens (including phenoxy) is 1. The third-order valence-electron chi connectivity index (χ3n) is 2.91. The average Bonchev–Trinajstić information content (AvgIpc) is 2.43. The molecule has 0 spiro atoms. The molecule has 118 valence electrons. The lowest BCUT2D eigenvalue weighted by molar-refractivity contribution is 0.0802. The fraction of sp³-hybridized carbons (Fsp3) is 0.500. The van der Waals surface area contributed by atoms with Gasteiger partial charge in [-0.3, -0.25) is 4.79 Å². The Morgan fingerprint density at radius 1 is 1.38 bits per heavy atom. The predicted molar refractivity (Wildman–Crippen MR) is 81.1 cm³/mol. The number of nitrogens with one attached hydrogen (secondary N) is 1. The maximum Gasteiger partial charge on any atom is 0.253 e. The minimum atomic E-state index is -3.74. The molecule has 1 rings (SSSR count). The van der Waals surface area contributed by atoms with Crippen molar-refractivity contribution >= 4 is 15.9 Å². The molecule has 0 atom stereocenters. The van der Waals surface area contributed by atoms with Gasteiger partial charge in [-0.05, 0) is 39.0 Å². The van der Waals surface area contributed by atoms with E-state index < -0.39 is 10.0 Å². The Labute approximate surface area is 126 Å². The summed E-state index contributed by atoms with van der Waals surface area (Å²) >= 11 is 0. The topological polar surface area (TPSA) is 75.7 Å². The fourth-order valence-electron chi connectivity index (χ4n) is 1.76. The second-order valence-corrected chi connectivity index (χ2v) is 6.64. The van der Waals surface area contributed by atoms with Crippen LogP contribution in [0, 0.1) is 0 Å². The van der Waals surface area contributed by atoms with E-state index in [4.69, 9.17) is 4.74 Å². The summed E-state index contributed by atoms with van der Waals surface area (Å²) in [6, 6.07) is 4.14. The lowest BCUT2D eigenvalue weighted by Crippen LogP contribution is -2.31. The van der Waals surface area contributed by atoms with Gasteiger partial charge < -0.3 is 9.64 Å². The van der Waals surface area contributed by atoms with Crippen molar-refractivity contribution < 1.29 is 17.9 Å². The molecule has 1 aromatic rings. The number of carbonyl (C=O) groups is 1. The molecule has 0 aliphatic heterocycles. The van der Waals surface area contributed by atoms with E-state index in [1.807, 2.05) is 6.92 Å². The van der Waals surface area contributed by atoms with Gasteiger partial charge in [-0.1, -0.05) is 0 Å². The van der Waals surface area contributed by atoms with Gasteiger partial charge in [-0.2, -0.15) is 0 Å². The molecule has 0 heterocycles. The van der Waals surface area contributed by atoms with Crippen molar-refractivity contribution in [1.29, 1.82) is 0 Å². The van der Waals surface area contributed by atoms with Crippen LogP contribution in [0.1, 0.15) is 31.1 Å². The highest BCUT2D eigenvalue weighted by Gasteiger charge is 2.23. The quantitative estimate of drug-likeness (QED) is 0.863. The van der Waals surface area contributed by atoms with Crippen molar-refractivity contribution in [2.24, 2.45) is 0 Å². The first-order chi connectivity index (χ1) is 9.72. The predicted octanol–water partition coefficient (Wildman–Crippen LogP) is 1.47. The van der Waals surface area contributed by atoms with Gasteiger partial charge >= 0.3 is 0 Å². The molecule has 21 heavy (non-hydrogen) atoms. The average molecular weight is 314 g/mol. The summed E-state index contributed by atoms with van der Waals surface area (Å²) in [5.41, 5.74) is 0.310. The smallest absolute Gasteiger partial charge is 0.253 e. The Bertz CT molecular complexity index is 611. The number of nitrogens with zero attached hydrogens (tertiary/aromatic N) is 1. The summed E-state index contributed by atoms with van der Waals surface area (Å²) in [7, 11) is -0.684. The summed E-state index contributed by atoms with van der Waals surface area (Å²) in [6.07, 6.45) is 0. The number of sulfonamides is 1. The van der Waals surface area contributed by atoms with E-state index >= 15 is 0 Å². The second kappa shape index (κ2) is 6.91. The molecule has 0 unspecified atom stereocenters. The lowest BCUT2D eigenvalue weighted by Gasteiger charge is -2.17. The Kier molecular flexibility index (Phi) is 5.74. The zero-order valence-corrected chi connectivity index (χ0v) is 13.8. The van der Waals surface area contributed by atoms with Crippen molar-refractivity contribution in [3.05, 3.63) is 23.8 Å². The maximum atomic E-state index is 12.3. The van der Waals surface area contributed by atoms with Crippen LogP contribution in [0.2, 0.25) is 0 Å². The number of benzene rings is 1. The van der Waals surface area contributed by atoms with Gasteiger partial charge in [0, 0.05) is 25.2 Å². The van der Waals surface area contributed by atoms with Crippen LogP contribution in [0.15, 0.2) is 23.1 Å². The molecular formula is C14H22N2O4S. The van der Waals surface area contributed by atoms with E-state index in [-0.39, 0.29) is 22.6 Å². The van der Waals surface area contributed by atoms with Gasteiger partial charge in [0.25, 0.3) is 5.91 Å². The second-order valence-electron chi connectivity index (χ2n) is 4.96. The number of rotatable bonds is 6. The number of hydrogen-bond donors (Lipinski definition) is 1. The van der Waals surface area contributed by atoms with Crippen LogP contribution >= 0.6 is 0 Å². The van der Waals surface area contributed by atoms with E-state index in [9.17, 15) is 13.2 Å². The van der Waals surface area contributed by atoms with Gasteiger partial charge in [0.05, 0.1) is 7.11 Å². The fourth-order valence-corrected chi connectivity index (χ4v) is 3.20. The van der Waals surface area contributed by atoms with Crippen molar-refractivity contribution in [3.63, 3.8) is 0 Å². The standard InChI is InChI=1S/C14H22N2O4S/c1-6-16(4)14(17)11-7-8-12(20-5)13(9-11)21(18,19)15-10(2)3/h7-10,15H,6H2,1-5H3. The molecule has 1 N–H and O–H groups in total. The minimum Gasteiger partial charge on any atom is -0.495 e. The monoisotopic (exact) mass is 314 g/mol. The summed E-state index contributed by atoms with van der Waals surface area (Å²) in [5.74, 6) is -0.0278. The van der Waals surface area contributed by atoms with Crippen LogP contribution in [-0.2, 0) is 10.0 Å². The summed E-state index contributed by atoms with van der Waals surface area (Å²) in [5, 5.41) is 0. The van der Waals surface area contributed by atoms with Gasteiger partial charge in [0.1, 0.15) is 10.6 Å². The highest BCUT2D eigenvalue weighted by molar-refractivity contribution is 7.89. The molecule has 0 aliphatic carbocycles. The molecule has 0 bridgehead atoms. The number of hydrogen-bond acceptors (Lipinski definition) is 4. The van der Waals surface area contributed by atoms with Crippen molar-refractivity contribution in [2.75, 3.05) is 20.7 Å². The minimum absolute atomic E-state index is 0.0333. The molecule has 0 aliphatic rings. The maximum absolute atomic E-state index is 12.3. The van der Waals surface area contributed by atoms with Crippen LogP contribution in [-0.4, -0.2) is 46.0 Å². The number of methoxy groups -OCH3 is 1. The third-order valence-corrected chi connectivity index (χ3v) is 4.59. The van der Waals surface area contributed by atoms with Crippen LogP contribution in [0.25, 0.3) is 0 Å². The van der Waals surface area contributed by atoms with Gasteiger partial charge in [0.2, 0.25) is 10.0 Å². The van der Waals surface area contributed by atoms with Gasteiger partial charge in [0.15, 0.2) is 0 Å². The number of amides is 1. The van der Waals surface area contributed by atoms with Crippen molar-refractivity contribution in [2.45, 2.75) is 31.7 Å². The van der Waals surface area contributed by atoms with Crippen LogP contribution < -0.4 is 9.46 Å². The molecule has 7 heteroatoms. The van der Waals surface area contributed by atoms with E-state index in [1.54, 1.807) is 27.0 Å². The van der Waals surface area contributed by atoms with E-state index in [1.165, 1.54) is 24.1 Å². The van der Waals surface area contributed by atoms with E-state index in [2.05, 4.69) is 4.72 Å². The Morgan fingerprint density at radius 3 is 2.48 bits per heavy atom. The summed E-state index contributed by atoms with van der Waals surface area (Å²) < 4.78 is 32.2. The Balaban J connectivity index is 3.33. The molecule has 1 amide bonds. The summed E-state index contributed by atoms with van der Waals surface area (Å²) in [6.45, 7) is 5.84. The number of carbonyl (C=O) groups excluding carboxylic acids is 1. The van der Waals surface area contributed by atoms with Crippen LogP contribution in [0.3, 0.4) is 0 Å². The zero-order chi connectivity index (χ0) is 16.2. The lowest BCUT2D eigenvalue weighted by atomic mass is 10.2. The van der Waals surface area contributed by atoms with Crippen molar-refractivity contribution in [3.8, 4) is 5.75 Å². The molecule has 0 radical (unpaired) electrons. The van der Waals surface area contributed by atoms with Crippen LogP contribution in [0.4, 0.5) is 0 Å². The highest BCUT2D eigenvalue weighted by atomic mass is 32.2. The first kappa shape index (κ1) is 17.5. The first-order valence-corrected chi connectivity index (χ1v) is 8.17. The summed E-state index contributed by atoms with van der Waals surface area (Å²) in [4.78, 5) is 13.6. The van der Waals surface area contributed by atoms with Gasteiger partial charge in [-0.25, -0.2) is 13.1 Å². The largest absolute Gasteiger partial charge is 0.495 e. The highest BCUT2D eigenvalue weighted by Crippen LogP contribution is 2.25. The molecule has 1 aromatic carbocycles. The zero-order valence-electron chi connectivity index (χ0n) is 13.0. The molecule has 0 fully saturated rings. The molecule has 0 saturated carbocycles. The Morgan fingerprint density at radius 2 is 2.00 bits per heavy atom. The van der Waals surface area contributed by atoms with E-state index in [0.29, 0.717) is 12.1 Å². The Hall–Kier alpha value is -1.60. The molecular weight excluding hydrogens is 292 g/mol.